The molecule has 1 saturated heterocycles. The van der Waals surface area contributed by atoms with E-state index in [2.05, 4.69) is 38.7 Å². The van der Waals surface area contributed by atoms with Crippen molar-refractivity contribution in [3.63, 3.8) is 0 Å². The highest BCUT2D eigenvalue weighted by Gasteiger charge is 2.22. The molecule has 3 heterocycles. The Morgan fingerprint density at radius 2 is 1.74 bits per heavy atom. The highest BCUT2D eigenvalue weighted by molar-refractivity contribution is 5.45. The number of aryl methyl sites for hydroxylation is 1. The molecule has 0 bridgehead atoms. The number of anilines is 2. The summed E-state index contributed by atoms with van der Waals surface area (Å²) < 4.78 is 14.1. The van der Waals surface area contributed by atoms with Crippen molar-refractivity contribution < 1.29 is 4.39 Å². The van der Waals surface area contributed by atoms with Crippen molar-refractivity contribution in [3.05, 3.63) is 35.9 Å². The average Bonchev–Trinajstić information content (AvgIpc) is 2.58. The highest BCUT2D eigenvalue weighted by atomic mass is 19.1. The van der Waals surface area contributed by atoms with Gasteiger partial charge in [-0.25, -0.2) is 24.3 Å². The average molecular weight is 316 g/mol. The highest BCUT2D eigenvalue weighted by Crippen LogP contribution is 2.21. The van der Waals surface area contributed by atoms with E-state index in [-0.39, 0.29) is 5.82 Å². The van der Waals surface area contributed by atoms with Gasteiger partial charge in [0.25, 0.3) is 0 Å². The van der Waals surface area contributed by atoms with Gasteiger partial charge in [0, 0.05) is 38.3 Å². The van der Waals surface area contributed by atoms with Crippen LogP contribution in [0.2, 0.25) is 0 Å². The van der Waals surface area contributed by atoms with Crippen LogP contribution in [0.1, 0.15) is 31.3 Å². The Hall–Kier alpha value is -2.31. The Morgan fingerprint density at radius 1 is 1.04 bits per heavy atom. The van der Waals surface area contributed by atoms with Crippen LogP contribution in [-0.2, 0) is 0 Å². The zero-order chi connectivity index (χ0) is 16.4. The maximum absolute atomic E-state index is 14.1. The first-order valence-electron chi connectivity index (χ1n) is 7.86. The van der Waals surface area contributed by atoms with Crippen LogP contribution >= 0.6 is 0 Å². The molecule has 0 radical (unpaired) electrons. The van der Waals surface area contributed by atoms with Crippen LogP contribution in [0.15, 0.2) is 18.6 Å². The number of nitrogens with zero attached hydrogens (tertiary/aromatic N) is 6. The van der Waals surface area contributed by atoms with Crippen LogP contribution in [0.3, 0.4) is 0 Å². The number of hydrogen-bond donors (Lipinski definition) is 0. The number of rotatable bonds is 3. The molecule has 122 valence electrons. The minimum Gasteiger partial charge on any atom is -0.353 e. The van der Waals surface area contributed by atoms with Crippen molar-refractivity contribution in [2.45, 2.75) is 26.7 Å². The molecule has 0 atom stereocenters. The van der Waals surface area contributed by atoms with Crippen molar-refractivity contribution in [2.75, 3.05) is 36.0 Å². The number of aromatic nitrogens is 4. The normalized spacial score (nSPS) is 15.3. The van der Waals surface area contributed by atoms with Gasteiger partial charge in [-0.1, -0.05) is 13.8 Å². The fourth-order valence-electron chi connectivity index (χ4n) is 2.63. The van der Waals surface area contributed by atoms with Crippen LogP contribution in [0.25, 0.3) is 0 Å². The topological polar surface area (TPSA) is 58.0 Å². The lowest BCUT2D eigenvalue weighted by atomic mass is 10.2. The minimum absolute atomic E-state index is 0.300. The van der Waals surface area contributed by atoms with E-state index in [1.54, 1.807) is 13.1 Å². The molecule has 3 rings (SSSR count). The summed E-state index contributed by atoms with van der Waals surface area (Å²) in [6, 6.07) is 1.93. The van der Waals surface area contributed by atoms with Gasteiger partial charge in [-0.3, -0.25) is 0 Å². The summed E-state index contributed by atoms with van der Waals surface area (Å²) in [4.78, 5) is 21.1. The van der Waals surface area contributed by atoms with Gasteiger partial charge >= 0.3 is 0 Å². The largest absolute Gasteiger partial charge is 0.353 e. The first-order chi connectivity index (χ1) is 11.1. The van der Waals surface area contributed by atoms with Gasteiger partial charge in [-0.05, 0) is 13.0 Å². The summed E-state index contributed by atoms with van der Waals surface area (Å²) >= 11 is 0. The molecular formula is C16H21FN6. The van der Waals surface area contributed by atoms with Gasteiger partial charge in [0.15, 0.2) is 11.6 Å². The molecule has 0 spiro atoms. The summed E-state index contributed by atoms with van der Waals surface area (Å²) in [6.45, 7) is 8.77. The fraction of sp³-hybridized carbons (Fsp3) is 0.500. The second-order valence-electron chi connectivity index (χ2n) is 6.00. The number of piperazine rings is 1. The summed E-state index contributed by atoms with van der Waals surface area (Å²) in [6.07, 6.45) is 3.22. The smallest absolute Gasteiger partial charge is 0.186 e. The minimum atomic E-state index is -0.329. The molecule has 0 unspecified atom stereocenters. The molecule has 0 saturated carbocycles. The van der Waals surface area contributed by atoms with Gasteiger partial charge < -0.3 is 9.80 Å². The molecule has 0 amide bonds. The zero-order valence-electron chi connectivity index (χ0n) is 13.7. The predicted octanol–water partition coefficient (Wildman–Crippen LogP) is 2.16. The molecule has 1 fully saturated rings. The van der Waals surface area contributed by atoms with Crippen LogP contribution in [0.4, 0.5) is 16.0 Å². The van der Waals surface area contributed by atoms with Crippen molar-refractivity contribution in [2.24, 2.45) is 0 Å². The molecule has 0 aromatic carbocycles. The molecule has 2 aromatic rings. The third-order valence-corrected chi connectivity index (χ3v) is 4.02. The summed E-state index contributed by atoms with van der Waals surface area (Å²) in [5.41, 5.74) is 0.384. The van der Waals surface area contributed by atoms with E-state index >= 15 is 0 Å². The maximum atomic E-state index is 14.1. The monoisotopic (exact) mass is 316 g/mol. The van der Waals surface area contributed by atoms with Crippen molar-refractivity contribution in [3.8, 4) is 0 Å². The number of hydrogen-bond acceptors (Lipinski definition) is 6. The third-order valence-electron chi connectivity index (χ3n) is 4.02. The van der Waals surface area contributed by atoms with Crippen LogP contribution in [0.5, 0.6) is 0 Å². The molecular weight excluding hydrogens is 295 g/mol. The van der Waals surface area contributed by atoms with E-state index in [0.29, 0.717) is 30.5 Å². The van der Waals surface area contributed by atoms with Gasteiger partial charge in [0.1, 0.15) is 18.0 Å². The molecule has 6 nitrogen and oxygen atoms in total. The van der Waals surface area contributed by atoms with Crippen molar-refractivity contribution >= 4 is 11.6 Å². The Bertz CT molecular complexity index is 682. The quantitative estimate of drug-likeness (QED) is 0.865. The molecule has 1 aliphatic rings. The lowest BCUT2D eigenvalue weighted by molar-refractivity contribution is 0.572. The second-order valence-corrected chi connectivity index (χ2v) is 6.00. The van der Waals surface area contributed by atoms with Crippen molar-refractivity contribution in [1.82, 2.24) is 19.9 Å². The summed E-state index contributed by atoms with van der Waals surface area (Å²) in [5, 5.41) is 0. The lowest BCUT2D eigenvalue weighted by Crippen LogP contribution is -2.47. The van der Waals surface area contributed by atoms with Crippen LogP contribution in [0, 0.1) is 12.7 Å². The van der Waals surface area contributed by atoms with E-state index in [9.17, 15) is 4.39 Å². The SMILES string of the molecule is Cc1ncnc(N2CCN(c3ccnc(C(C)C)n3)CC2)c1F. The Morgan fingerprint density at radius 3 is 2.43 bits per heavy atom. The second kappa shape index (κ2) is 6.44. The predicted molar refractivity (Wildman–Crippen MR) is 87.3 cm³/mol. The van der Waals surface area contributed by atoms with E-state index < -0.39 is 0 Å². The van der Waals surface area contributed by atoms with Gasteiger partial charge in [0.2, 0.25) is 0 Å². The Balaban J connectivity index is 1.71. The lowest BCUT2D eigenvalue weighted by Gasteiger charge is -2.36. The molecule has 0 aliphatic carbocycles. The fourth-order valence-corrected chi connectivity index (χ4v) is 2.63. The number of halogens is 1. The molecule has 7 heteroatoms. The first kappa shape index (κ1) is 15.6. The summed E-state index contributed by atoms with van der Waals surface area (Å²) in [7, 11) is 0. The van der Waals surface area contributed by atoms with E-state index in [1.807, 2.05) is 11.0 Å². The first-order valence-corrected chi connectivity index (χ1v) is 7.86. The Kier molecular flexibility index (Phi) is 4.36. The molecule has 0 N–H and O–H groups in total. The molecule has 23 heavy (non-hydrogen) atoms. The summed E-state index contributed by atoms with van der Waals surface area (Å²) in [5.74, 6) is 2.15. The van der Waals surface area contributed by atoms with Gasteiger partial charge in [0.05, 0.1) is 5.69 Å². The van der Waals surface area contributed by atoms with Crippen LogP contribution in [-0.4, -0.2) is 46.1 Å². The maximum Gasteiger partial charge on any atom is 0.186 e. The standard InChI is InChI=1S/C16H21FN6/c1-11(2)15-18-5-4-13(21-15)22-6-8-23(9-7-22)16-14(17)12(3)19-10-20-16/h4-5,10-11H,6-9H2,1-3H3. The zero-order valence-corrected chi connectivity index (χ0v) is 13.7. The van der Waals surface area contributed by atoms with Crippen LogP contribution < -0.4 is 9.80 Å². The third kappa shape index (κ3) is 3.23. The van der Waals surface area contributed by atoms with E-state index in [0.717, 1.165) is 24.7 Å². The Labute approximate surface area is 135 Å². The molecule has 2 aromatic heterocycles. The van der Waals surface area contributed by atoms with E-state index in [4.69, 9.17) is 0 Å². The van der Waals surface area contributed by atoms with Gasteiger partial charge in [-0.15, -0.1) is 0 Å². The van der Waals surface area contributed by atoms with Gasteiger partial charge in [-0.2, -0.15) is 0 Å². The van der Waals surface area contributed by atoms with Crippen molar-refractivity contribution in [1.29, 1.82) is 0 Å². The van der Waals surface area contributed by atoms with E-state index in [1.165, 1.54) is 6.33 Å². The molecule has 1 aliphatic heterocycles.